The maximum absolute atomic E-state index is 11.2. The summed E-state index contributed by atoms with van der Waals surface area (Å²) in [4.78, 5) is 13.4. The summed E-state index contributed by atoms with van der Waals surface area (Å²) in [6, 6.07) is 8.33. The van der Waals surface area contributed by atoms with E-state index in [1.165, 1.54) is 18.2 Å². The molecule has 3 nitrogen and oxygen atoms in total. The molecule has 0 amide bonds. The number of rotatable bonds is 5. The van der Waals surface area contributed by atoms with Crippen molar-refractivity contribution < 1.29 is 9.53 Å². The van der Waals surface area contributed by atoms with Gasteiger partial charge in [-0.05, 0) is 32.0 Å². The van der Waals surface area contributed by atoms with Crippen molar-refractivity contribution in [3.05, 3.63) is 47.0 Å². The van der Waals surface area contributed by atoms with Crippen molar-refractivity contribution in [2.45, 2.75) is 20.4 Å². The maximum Gasteiger partial charge on any atom is 0.333 e. The molecule has 0 saturated heterocycles. The summed E-state index contributed by atoms with van der Waals surface area (Å²) in [6.07, 6.45) is 1.89. The molecule has 3 heteroatoms. The zero-order valence-electron chi connectivity index (χ0n) is 11.6. The summed E-state index contributed by atoms with van der Waals surface area (Å²) < 4.78 is 4.66. The van der Waals surface area contributed by atoms with Crippen LogP contribution in [-0.2, 0) is 16.1 Å². The van der Waals surface area contributed by atoms with Gasteiger partial charge >= 0.3 is 5.97 Å². The third kappa shape index (κ3) is 4.34. The van der Waals surface area contributed by atoms with E-state index in [-0.39, 0.29) is 5.97 Å². The van der Waals surface area contributed by atoms with Crippen molar-refractivity contribution in [2.75, 3.05) is 20.7 Å². The summed E-state index contributed by atoms with van der Waals surface area (Å²) in [6.45, 7) is 5.49. The van der Waals surface area contributed by atoms with Crippen LogP contribution in [0.4, 0.5) is 0 Å². The van der Waals surface area contributed by atoms with Crippen molar-refractivity contribution in [3.8, 4) is 0 Å². The third-order valence-corrected chi connectivity index (χ3v) is 2.92. The number of carbonyl (C=O) groups excluding carboxylic acids is 1. The highest BCUT2D eigenvalue weighted by Crippen LogP contribution is 2.09. The fourth-order valence-electron chi connectivity index (χ4n) is 1.68. The van der Waals surface area contributed by atoms with Crippen LogP contribution in [0.5, 0.6) is 0 Å². The number of nitrogens with zero attached hydrogens (tertiary/aromatic N) is 1. The first-order chi connectivity index (χ1) is 8.54. The lowest BCUT2D eigenvalue weighted by atomic mass is 10.1. The standard InChI is InChI=1S/C15H21NO2/c1-12-7-5-6-8-14(12)11-16(3)10-9-13(2)15(17)18-4/h5-9H,10-11H2,1-4H3. The Morgan fingerprint density at radius 1 is 1.39 bits per heavy atom. The number of benzene rings is 1. The van der Waals surface area contributed by atoms with Gasteiger partial charge in [-0.15, -0.1) is 0 Å². The van der Waals surface area contributed by atoms with E-state index in [2.05, 4.69) is 28.7 Å². The predicted octanol–water partition coefficient (Wildman–Crippen LogP) is 2.55. The summed E-state index contributed by atoms with van der Waals surface area (Å²) in [5, 5.41) is 0. The summed E-state index contributed by atoms with van der Waals surface area (Å²) in [5.41, 5.74) is 3.25. The number of hydrogen-bond donors (Lipinski definition) is 0. The van der Waals surface area contributed by atoms with Gasteiger partial charge in [0, 0.05) is 18.7 Å². The quantitative estimate of drug-likeness (QED) is 0.591. The lowest BCUT2D eigenvalue weighted by Crippen LogP contribution is -2.19. The Balaban J connectivity index is 2.55. The topological polar surface area (TPSA) is 29.5 Å². The highest BCUT2D eigenvalue weighted by atomic mass is 16.5. The molecule has 0 N–H and O–H groups in total. The molecule has 1 rings (SSSR count). The van der Waals surface area contributed by atoms with E-state index in [0.717, 1.165) is 13.1 Å². The molecule has 0 aliphatic rings. The van der Waals surface area contributed by atoms with Crippen LogP contribution in [0.15, 0.2) is 35.9 Å². The Kier molecular flexibility index (Phi) is 5.59. The Hall–Kier alpha value is -1.61. The molecule has 1 aromatic carbocycles. The van der Waals surface area contributed by atoms with Crippen LogP contribution in [-0.4, -0.2) is 31.6 Å². The number of carbonyl (C=O) groups is 1. The molecule has 0 atom stereocenters. The number of aryl methyl sites for hydroxylation is 1. The molecule has 1 aromatic rings. The molecular weight excluding hydrogens is 226 g/mol. The van der Waals surface area contributed by atoms with Crippen LogP contribution in [0.2, 0.25) is 0 Å². The van der Waals surface area contributed by atoms with Crippen LogP contribution in [0, 0.1) is 6.92 Å². The number of esters is 1. The molecule has 0 spiro atoms. The Morgan fingerprint density at radius 2 is 2.06 bits per heavy atom. The van der Waals surface area contributed by atoms with E-state index in [1.807, 2.05) is 25.3 Å². The van der Waals surface area contributed by atoms with Crippen LogP contribution in [0.1, 0.15) is 18.1 Å². The molecule has 0 aromatic heterocycles. The summed E-state index contributed by atoms with van der Waals surface area (Å²) in [5.74, 6) is -0.265. The fourth-order valence-corrected chi connectivity index (χ4v) is 1.68. The van der Waals surface area contributed by atoms with Gasteiger partial charge in [-0.2, -0.15) is 0 Å². The molecule has 0 aliphatic carbocycles. The van der Waals surface area contributed by atoms with Gasteiger partial charge in [-0.3, -0.25) is 4.90 Å². The van der Waals surface area contributed by atoms with E-state index in [4.69, 9.17) is 0 Å². The van der Waals surface area contributed by atoms with Crippen molar-refractivity contribution in [1.82, 2.24) is 4.90 Å². The molecule has 0 saturated carbocycles. The first kappa shape index (κ1) is 14.5. The molecule has 0 radical (unpaired) electrons. The van der Waals surface area contributed by atoms with Crippen molar-refractivity contribution >= 4 is 5.97 Å². The van der Waals surface area contributed by atoms with Crippen molar-refractivity contribution in [3.63, 3.8) is 0 Å². The second kappa shape index (κ2) is 6.97. The Morgan fingerprint density at radius 3 is 2.67 bits per heavy atom. The molecule has 0 aliphatic heterocycles. The van der Waals surface area contributed by atoms with Gasteiger partial charge in [0.1, 0.15) is 0 Å². The largest absolute Gasteiger partial charge is 0.466 e. The average molecular weight is 247 g/mol. The summed E-state index contributed by atoms with van der Waals surface area (Å²) >= 11 is 0. The molecule has 18 heavy (non-hydrogen) atoms. The first-order valence-corrected chi connectivity index (χ1v) is 6.02. The van der Waals surface area contributed by atoms with Crippen molar-refractivity contribution in [1.29, 1.82) is 0 Å². The molecule has 98 valence electrons. The molecule has 0 bridgehead atoms. The second-order valence-electron chi connectivity index (χ2n) is 4.50. The van der Waals surface area contributed by atoms with Gasteiger partial charge in [0.2, 0.25) is 0 Å². The van der Waals surface area contributed by atoms with Gasteiger partial charge < -0.3 is 4.74 Å². The first-order valence-electron chi connectivity index (χ1n) is 6.02. The lowest BCUT2D eigenvalue weighted by Gasteiger charge is -2.16. The minimum atomic E-state index is -0.265. The third-order valence-electron chi connectivity index (χ3n) is 2.92. The zero-order chi connectivity index (χ0) is 13.5. The number of likely N-dealkylation sites (N-methyl/N-ethyl adjacent to an activating group) is 1. The smallest absolute Gasteiger partial charge is 0.333 e. The van der Waals surface area contributed by atoms with E-state index >= 15 is 0 Å². The average Bonchev–Trinajstić information content (AvgIpc) is 2.37. The van der Waals surface area contributed by atoms with Crippen LogP contribution in [0.25, 0.3) is 0 Å². The normalized spacial score (nSPS) is 11.7. The molecule has 0 fully saturated rings. The van der Waals surface area contributed by atoms with Crippen LogP contribution in [0.3, 0.4) is 0 Å². The maximum atomic E-state index is 11.2. The van der Waals surface area contributed by atoms with Gasteiger partial charge in [0.25, 0.3) is 0 Å². The zero-order valence-corrected chi connectivity index (χ0v) is 11.6. The minimum Gasteiger partial charge on any atom is -0.466 e. The van der Waals surface area contributed by atoms with Crippen molar-refractivity contribution in [2.24, 2.45) is 0 Å². The number of methoxy groups -OCH3 is 1. The van der Waals surface area contributed by atoms with Gasteiger partial charge in [0.05, 0.1) is 7.11 Å². The SMILES string of the molecule is COC(=O)C(C)=CCN(C)Cc1ccccc1C. The van der Waals surface area contributed by atoms with E-state index in [1.54, 1.807) is 6.92 Å². The Bertz CT molecular complexity index is 438. The van der Waals surface area contributed by atoms with Crippen LogP contribution < -0.4 is 0 Å². The van der Waals surface area contributed by atoms with Gasteiger partial charge in [0.15, 0.2) is 0 Å². The van der Waals surface area contributed by atoms with Gasteiger partial charge in [-0.25, -0.2) is 4.79 Å². The fraction of sp³-hybridized carbons (Fsp3) is 0.400. The van der Waals surface area contributed by atoms with Crippen LogP contribution >= 0.6 is 0 Å². The molecule has 0 heterocycles. The monoisotopic (exact) mass is 247 g/mol. The summed E-state index contributed by atoms with van der Waals surface area (Å²) in [7, 11) is 3.43. The van der Waals surface area contributed by atoms with E-state index in [9.17, 15) is 4.79 Å². The minimum absolute atomic E-state index is 0.265. The molecule has 0 unspecified atom stereocenters. The lowest BCUT2D eigenvalue weighted by molar-refractivity contribution is -0.136. The number of ether oxygens (including phenoxy) is 1. The second-order valence-corrected chi connectivity index (χ2v) is 4.50. The van der Waals surface area contributed by atoms with Gasteiger partial charge in [-0.1, -0.05) is 30.3 Å². The highest BCUT2D eigenvalue weighted by molar-refractivity contribution is 5.87. The number of hydrogen-bond acceptors (Lipinski definition) is 3. The predicted molar refractivity (Wildman–Crippen MR) is 73.3 cm³/mol. The van der Waals surface area contributed by atoms with E-state index in [0.29, 0.717) is 5.57 Å². The Labute approximate surface area is 109 Å². The highest BCUT2D eigenvalue weighted by Gasteiger charge is 2.04. The van der Waals surface area contributed by atoms with E-state index < -0.39 is 0 Å². The molecular formula is C15H21NO2.